The third-order valence-electron chi connectivity index (χ3n) is 2.84. The van der Waals surface area contributed by atoms with Crippen molar-refractivity contribution in [2.45, 2.75) is 9.79 Å². The van der Waals surface area contributed by atoms with Crippen LogP contribution >= 0.6 is 0 Å². The molecule has 0 heterocycles. The van der Waals surface area contributed by atoms with Crippen molar-refractivity contribution in [1.82, 2.24) is 0 Å². The summed E-state index contributed by atoms with van der Waals surface area (Å²) in [7, 11) is -4.66. The zero-order valence-electron chi connectivity index (χ0n) is 11.0. The third kappa shape index (κ3) is 2.73. The molecule has 0 spiro atoms. The lowest BCUT2D eigenvalue weighted by molar-refractivity contribution is -0.426. The summed E-state index contributed by atoms with van der Waals surface area (Å²) in [6.45, 7) is 0. The van der Waals surface area contributed by atoms with Gasteiger partial charge in [0.15, 0.2) is 10.7 Å². The van der Waals surface area contributed by atoms with E-state index in [2.05, 4.69) is 0 Å². The average molecular weight is 344 g/mol. The zero-order chi connectivity index (χ0) is 17.4. The standard InChI is InChI=1S/C12H6F2N2O6S/c13-8-6-9(23(21,22)7-4-2-1-3-5-7)11(15(17)18)12(10(8)14)16(19)20/h1-6H. The molecule has 2 aromatic carbocycles. The number of nitrogens with zero attached hydrogens (tertiary/aromatic N) is 2. The van der Waals surface area contributed by atoms with Crippen molar-refractivity contribution in [2.75, 3.05) is 0 Å². The minimum atomic E-state index is -4.66. The average Bonchev–Trinajstić information content (AvgIpc) is 2.49. The molecular formula is C12H6F2N2O6S. The molecule has 0 aliphatic heterocycles. The van der Waals surface area contributed by atoms with Crippen LogP contribution in [0.5, 0.6) is 0 Å². The predicted octanol–water partition coefficient (Wildman–Crippen LogP) is 2.61. The summed E-state index contributed by atoms with van der Waals surface area (Å²) in [5.74, 6) is -3.98. The number of nitro groups is 2. The Labute approximate surface area is 127 Å². The normalized spacial score (nSPS) is 11.2. The highest BCUT2D eigenvalue weighted by Crippen LogP contribution is 2.39. The molecule has 8 nitrogen and oxygen atoms in total. The Balaban J connectivity index is 2.93. The molecule has 0 amide bonds. The Kier molecular flexibility index (Phi) is 4.06. The molecule has 2 rings (SSSR count). The molecule has 0 unspecified atom stereocenters. The fourth-order valence-corrected chi connectivity index (χ4v) is 3.31. The first-order chi connectivity index (χ1) is 10.7. The van der Waals surface area contributed by atoms with Gasteiger partial charge in [0.25, 0.3) is 0 Å². The van der Waals surface area contributed by atoms with Crippen LogP contribution in [0.4, 0.5) is 20.2 Å². The van der Waals surface area contributed by atoms with Crippen LogP contribution in [0.1, 0.15) is 0 Å². The summed E-state index contributed by atoms with van der Waals surface area (Å²) in [5.41, 5.74) is -3.47. The van der Waals surface area contributed by atoms with Crippen LogP contribution in [0.2, 0.25) is 0 Å². The largest absolute Gasteiger partial charge is 0.385 e. The van der Waals surface area contributed by atoms with Crippen molar-refractivity contribution in [3.63, 3.8) is 0 Å². The van der Waals surface area contributed by atoms with E-state index in [1.165, 1.54) is 18.2 Å². The highest BCUT2D eigenvalue weighted by molar-refractivity contribution is 7.91. The van der Waals surface area contributed by atoms with E-state index in [0.717, 1.165) is 12.1 Å². The van der Waals surface area contributed by atoms with Crippen molar-refractivity contribution >= 4 is 21.2 Å². The van der Waals surface area contributed by atoms with Gasteiger partial charge in [-0.05, 0) is 12.1 Å². The summed E-state index contributed by atoms with van der Waals surface area (Å²) in [4.78, 5) is 17.1. The molecule has 0 aliphatic carbocycles. The van der Waals surface area contributed by atoms with E-state index in [-0.39, 0.29) is 6.07 Å². The summed E-state index contributed by atoms with van der Waals surface area (Å²) < 4.78 is 51.8. The van der Waals surface area contributed by atoms with Gasteiger partial charge in [0, 0.05) is 6.07 Å². The quantitative estimate of drug-likeness (QED) is 0.477. The fourth-order valence-electron chi connectivity index (χ4n) is 1.86. The van der Waals surface area contributed by atoms with Crippen LogP contribution in [0.3, 0.4) is 0 Å². The number of hydrogen-bond donors (Lipinski definition) is 0. The molecule has 0 N–H and O–H groups in total. The molecule has 0 saturated heterocycles. The Morgan fingerprint density at radius 2 is 1.43 bits per heavy atom. The van der Waals surface area contributed by atoms with Gasteiger partial charge >= 0.3 is 11.4 Å². The minimum Gasteiger partial charge on any atom is -0.258 e. The van der Waals surface area contributed by atoms with Gasteiger partial charge in [-0.1, -0.05) is 18.2 Å². The lowest BCUT2D eigenvalue weighted by Gasteiger charge is -2.07. The monoisotopic (exact) mass is 344 g/mol. The van der Waals surface area contributed by atoms with Gasteiger partial charge < -0.3 is 0 Å². The molecule has 0 atom stereocenters. The maximum Gasteiger partial charge on any atom is 0.385 e. The molecule has 0 radical (unpaired) electrons. The number of benzene rings is 2. The predicted molar refractivity (Wildman–Crippen MR) is 71.6 cm³/mol. The first kappa shape index (κ1) is 16.4. The molecular weight excluding hydrogens is 338 g/mol. The van der Waals surface area contributed by atoms with Crippen LogP contribution in [0.15, 0.2) is 46.2 Å². The van der Waals surface area contributed by atoms with Crippen LogP contribution in [-0.2, 0) is 9.84 Å². The Bertz CT molecular complexity index is 915. The van der Waals surface area contributed by atoms with Gasteiger partial charge in [-0.15, -0.1) is 0 Å². The molecule has 23 heavy (non-hydrogen) atoms. The van der Waals surface area contributed by atoms with E-state index in [4.69, 9.17) is 0 Å². The van der Waals surface area contributed by atoms with E-state index in [1.54, 1.807) is 0 Å². The maximum atomic E-state index is 13.5. The number of halogens is 2. The van der Waals surface area contributed by atoms with E-state index >= 15 is 0 Å². The van der Waals surface area contributed by atoms with Crippen LogP contribution in [0, 0.1) is 31.9 Å². The Hall–Kier alpha value is -2.95. The van der Waals surface area contributed by atoms with E-state index in [0.29, 0.717) is 0 Å². The maximum absolute atomic E-state index is 13.5. The van der Waals surface area contributed by atoms with Gasteiger partial charge in [0.1, 0.15) is 0 Å². The molecule has 0 aromatic heterocycles. The van der Waals surface area contributed by atoms with Crippen LogP contribution in [-0.4, -0.2) is 18.3 Å². The molecule has 0 bridgehead atoms. The smallest absolute Gasteiger partial charge is 0.258 e. The first-order valence-electron chi connectivity index (χ1n) is 5.79. The van der Waals surface area contributed by atoms with E-state index in [1.807, 2.05) is 0 Å². The van der Waals surface area contributed by atoms with E-state index < -0.39 is 52.5 Å². The highest BCUT2D eigenvalue weighted by Gasteiger charge is 2.41. The third-order valence-corrected chi connectivity index (χ3v) is 4.62. The SMILES string of the molecule is O=[N+]([O-])c1c(S(=O)(=O)c2ccccc2)cc(F)c(F)c1[N+](=O)[O-]. The van der Waals surface area contributed by atoms with Crippen molar-refractivity contribution in [3.05, 3.63) is 68.3 Å². The van der Waals surface area contributed by atoms with Gasteiger partial charge in [-0.2, -0.15) is 4.39 Å². The Morgan fingerprint density at radius 3 is 1.91 bits per heavy atom. The van der Waals surface area contributed by atoms with Gasteiger partial charge in [-0.25, -0.2) is 12.8 Å². The number of rotatable bonds is 4. The Morgan fingerprint density at radius 1 is 0.913 bits per heavy atom. The van der Waals surface area contributed by atoms with Crippen molar-refractivity contribution in [3.8, 4) is 0 Å². The lowest BCUT2D eigenvalue weighted by Crippen LogP contribution is -2.10. The molecule has 2 aromatic rings. The van der Waals surface area contributed by atoms with Crippen LogP contribution in [0.25, 0.3) is 0 Å². The number of nitro benzene ring substituents is 2. The van der Waals surface area contributed by atoms with Crippen LogP contribution < -0.4 is 0 Å². The summed E-state index contributed by atoms with van der Waals surface area (Å²) >= 11 is 0. The summed E-state index contributed by atoms with van der Waals surface area (Å²) in [5, 5.41) is 21.9. The van der Waals surface area contributed by atoms with Crippen molar-refractivity contribution in [2.24, 2.45) is 0 Å². The van der Waals surface area contributed by atoms with Gasteiger partial charge in [0.2, 0.25) is 15.7 Å². The lowest BCUT2D eigenvalue weighted by atomic mass is 10.2. The zero-order valence-corrected chi connectivity index (χ0v) is 11.8. The second-order valence-corrected chi connectivity index (χ2v) is 6.12. The molecule has 0 fully saturated rings. The topological polar surface area (TPSA) is 120 Å². The fraction of sp³-hybridized carbons (Fsp3) is 0. The van der Waals surface area contributed by atoms with Gasteiger partial charge in [0.05, 0.1) is 14.7 Å². The highest BCUT2D eigenvalue weighted by atomic mass is 32.2. The van der Waals surface area contributed by atoms with Gasteiger partial charge in [-0.3, -0.25) is 20.2 Å². The second-order valence-electron chi connectivity index (χ2n) is 4.20. The minimum absolute atomic E-state index is 0.0583. The first-order valence-corrected chi connectivity index (χ1v) is 7.27. The summed E-state index contributed by atoms with van der Waals surface area (Å²) in [6.07, 6.45) is 0. The van der Waals surface area contributed by atoms with E-state index in [9.17, 15) is 37.4 Å². The second kappa shape index (κ2) is 5.68. The molecule has 11 heteroatoms. The molecule has 0 saturated carbocycles. The summed E-state index contributed by atoms with van der Waals surface area (Å²) in [6, 6.07) is 6.24. The molecule has 0 aliphatic rings. The molecule has 120 valence electrons. The van der Waals surface area contributed by atoms with Crippen molar-refractivity contribution < 1.29 is 27.0 Å². The van der Waals surface area contributed by atoms with Crippen molar-refractivity contribution in [1.29, 1.82) is 0 Å². The number of sulfone groups is 1. The number of hydrogen-bond acceptors (Lipinski definition) is 6.